The number of halogens is 3. The van der Waals surface area contributed by atoms with Crippen LogP contribution in [0.15, 0.2) is 41.2 Å². The fourth-order valence-corrected chi connectivity index (χ4v) is 3.13. The van der Waals surface area contributed by atoms with E-state index in [4.69, 9.17) is 0 Å². The van der Waals surface area contributed by atoms with Crippen molar-refractivity contribution >= 4 is 17.4 Å². The average Bonchev–Trinajstić information content (AvgIpc) is 2.63. The van der Waals surface area contributed by atoms with Gasteiger partial charge >= 0.3 is 6.18 Å². The average molecular weight is 380 g/mol. The molecule has 0 unspecified atom stereocenters. The standard InChI is InChI=1S/C18H19F3N4O2/c1-24-16(26)9-8-15(23-24)25-10-4-5-12(11-25)17(27)22-14-7-3-2-6-13(14)18(19,20)21/h2-3,6-9,12H,4-5,10-11H2,1H3,(H,22,27)/t12-/m0/s1. The van der Waals surface area contributed by atoms with Crippen molar-refractivity contribution in [1.29, 1.82) is 0 Å². The van der Waals surface area contributed by atoms with E-state index in [0.717, 1.165) is 6.07 Å². The Morgan fingerprint density at radius 1 is 1.22 bits per heavy atom. The van der Waals surface area contributed by atoms with Crippen molar-refractivity contribution in [2.75, 3.05) is 23.3 Å². The maximum Gasteiger partial charge on any atom is 0.418 e. The molecule has 6 nitrogen and oxygen atoms in total. The summed E-state index contributed by atoms with van der Waals surface area (Å²) in [7, 11) is 1.54. The first-order chi connectivity index (χ1) is 12.8. The molecule has 2 aromatic rings. The highest BCUT2D eigenvalue weighted by atomic mass is 19.4. The zero-order valence-corrected chi connectivity index (χ0v) is 14.7. The number of carbonyl (C=O) groups is 1. The molecule has 1 saturated heterocycles. The normalized spacial score (nSPS) is 17.6. The predicted molar refractivity (Wildman–Crippen MR) is 94.5 cm³/mol. The monoisotopic (exact) mass is 380 g/mol. The smallest absolute Gasteiger partial charge is 0.354 e. The van der Waals surface area contributed by atoms with E-state index in [1.165, 1.54) is 36.0 Å². The second-order valence-electron chi connectivity index (χ2n) is 6.47. The minimum absolute atomic E-state index is 0.242. The first-order valence-corrected chi connectivity index (χ1v) is 8.52. The molecule has 1 amide bonds. The number of aryl methyl sites for hydroxylation is 1. The van der Waals surface area contributed by atoms with Crippen LogP contribution >= 0.6 is 0 Å². The summed E-state index contributed by atoms with van der Waals surface area (Å²) in [5, 5.41) is 6.59. The first-order valence-electron chi connectivity index (χ1n) is 8.52. The van der Waals surface area contributed by atoms with Gasteiger partial charge in [0, 0.05) is 26.2 Å². The van der Waals surface area contributed by atoms with E-state index in [-0.39, 0.29) is 11.2 Å². The van der Waals surface area contributed by atoms with Crippen LogP contribution in [-0.4, -0.2) is 28.8 Å². The van der Waals surface area contributed by atoms with E-state index in [1.807, 2.05) is 4.90 Å². The van der Waals surface area contributed by atoms with Crippen molar-refractivity contribution in [1.82, 2.24) is 9.78 Å². The van der Waals surface area contributed by atoms with Gasteiger partial charge in [-0.05, 0) is 31.0 Å². The Hall–Kier alpha value is -2.84. The Morgan fingerprint density at radius 3 is 2.67 bits per heavy atom. The Labute approximate surface area is 153 Å². The van der Waals surface area contributed by atoms with Gasteiger partial charge in [0.05, 0.1) is 17.2 Å². The zero-order valence-electron chi connectivity index (χ0n) is 14.7. The van der Waals surface area contributed by atoms with Crippen LogP contribution in [0, 0.1) is 5.92 Å². The maximum atomic E-state index is 13.1. The Balaban J connectivity index is 1.74. The molecule has 1 atom stereocenters. The minimum Gasteiger partial charge on any atom is -0.354 e. The SMILES string of the molecule is Cn1nc(N2CCC[C@H](C(=O)Nc3ccccc3C(F)(F)F)C2)ccc1=O. The van der Waals surface area contributed by atoms with Crippen LogP contribution in [0.4, 0.5) is 24.7 Å². The number of piperidine rings is 1. The Bertz CT molecular complexity index is 895. The molecule has 0 saturated carbocycles. The van der Waals surface area contributed by atoms with Gasteiger partial charge in [0.1, 0.15) is 5.82 Å². The first kappa shape index (κ1) is 18.9. The predicted octanol–water partition coefficient (Wildman–Crippen LogP) is 2.65. The van der Waals surface area contributed by atoms with Crippen LogP contribution in [0.25, 0.3) is 0 Å². The highest BCUT2D eigenvalue weighted by Gasteiger charge is 2.34. The molecule has 0 aliphatic carbocycles. The van der Waals surface area contributed by atoms with Crippen molar-refractivity contribution in [3.8, 4) is 0 Å². The van der Waals surface area contributed by atoms with Gasteiger partial charge in [0.2, 0.25) is 5.91 Å². The molecular formula is C18H19F3N4O2. The van der Waals surface area contributed by atoms with E-state index < -0.39 is 23.6 Å². The second-order valence-corrected chi connectivity index (χ2v) is 6.47. The summed E-state index contributed by atoms with van der Waals surface area (Å²) in [5.74, 6) is -0.370. The maximum absolute atomic E-state index is 13.1. The molecule has 144 valence electrons. The van der Waals surface area contributed by atoms with Gasteiger partial charge in [-0.3, -0.25) is 9.59 Å². The number of benzene rings is 1. The number of hydrogen-bond donors (Lipinski definition) is 1. The van der Waals surface area contributed by atoms with Crippen molar-refractivity contribution in [2.24, 2.45) is 13.0 Å². The summed E-state index contributed by atoms with van der Waals surface area (Å²) in [6, 6.07) is 7.90. The number of hydrogen-bond acceptors (Lipinski definition) is 4. The summed E-state index contributed by atoms with van der Waals surface area (Å²) in [4.78, 5) is 25.9. The number of para-hydroxylation sites is 1. The van der Waals surface area contributed by atoms with E-state index in [1.54, 1.807) is 6.07 Å². The van der Waals surface area contributed by atoms with Gasteiger partial charge in [-0.25, -0.2) is 4.68 Å². The Morgan fingerprint density at radius 2 is 1.96 bits per heavy atom. The number of rotatable bonds is 3. The third-order valence-corrected chi connectivity index (χ3v) is 4.55. The van der Waals surface area contributed by atoms with E-state index >= 15 is 0 Å². The van der Waals surface area contributed by atoms with Crippen molar-refractivity contribution in [3.63, 3.8) is 0 Å². The third kappa shape index (κ3) is 4.29. The fraction of sp³-hybridized carbons (Fsp3) is 0.389. The summed E-state index contributed by atoms with van der Waals surface area (Å²) in [6.45, 7) is 0.985. The molecule has 27 heavy (non-hydrogen) atoms. The molecule has 1 aliphatic heterocycles. The Kier molecular flexibility index (Phi) is 5.20. The number of aromatic nitrogens is 2. The van der Waals surface area contributed by atoms with Crippen LogP contribution in [0.1, 0.15) is 18.4 Å². The van der Waals surface area contributed by atoms with Gasteiger partial charge in [0.15, 0.2) is 0 Å². The highest BCUT2D eigenvalue weighted by Crippen LogP contribution is 2.35. The van der Waals surface area contributed by atoms with Crippen molar-refractivity contribution < 1.29 is 18.0 Å². The van der Waals surface area contributed by atoms with Crippen molar-refractivity contribution in [2.45, 2.75) is 19.0 Å². The molecule has 3 rings (SSSR count). The zero-order chi connectivity index (χ0) is 19.6. The van der Waals surface area contributed by atoms with Crippen LogP contribution in [0.2, 0.25) is 0 Å². The summed E-state index contributed by atoms with van der Waals surface area (Å²) in [5.41, 5.74) is -1.35. The van der Waals surface area contributed by atoms with E-state index in [0.29, 0.717) is 31.7 Å². The highest BCUT2D eigenvalue weighted by molar-refractivity contribution is 5.93. The van der Waals surface area contributed by atoms with Crippen LogP contribution < -0.4 is 15.8 Å². The van der Waals surface area contributed by atoms with Gasteiger partial charge in [0.25, 0.3) is 5.56 Å². The number of alkyl halides is 3. The van der Waals surface area contributed by atoms with Crippen LogP contribution in [0.5, 0.6) is 0 Å². The van der Waals surface area contributed by atoms with Crippen LogP contribution in [-0.2, 0) is 18.0 Å². The fourth-order valence-electron chi connectivity index (χ4n) is 3.13. The topological polar surface area (TPSA) is 67.2 Å². The lowest BCUT2D eigenvalue weighted by atomic mass is 9.96. The van der Waals surface area contributed by atoms with Crippen molar-refractivity contribution in [3.05, 3.63) is 52.3 Å². The third-order valence-electron chi connectivity index (χ3n) is 4.55. The molecule has 1 N–H and O–H groups in total. The lowest BCUT2D eigenvalue weighted by Gasteiger charge is -2.33. The molecule has 1 aromatic carbocycles. The molecule has 9 heteroatoms. The molecule has 0 bridgehead atoms. The number of carbonyl (C=O) groups excluding carboxylic acids is 1. The van der Waals surface area contributed by atoms with Gasteiger partial charge in [-0.1, -0.05) is 12.1 Å². The molecule has 2 heterocycles. The van der Waals surface area contributed by atoms with Gasteiger partial charge < -0.3 is 10.2 Å². The van der Waals surface area contributed by atoms with Crippen LogP contribution in [0.3, 0.4) is 0 Å². The lowest BCUT2D eigenvalue weighted by Crippen LogP contribution is -2.42. The second kappa shape index (κ2) is 7.42. The number of nitrogens with zero attached hydrogens (tertiary/aromatic N) is 3. The quantitative estimate of drug-likeness (QED) is 0.889. The van der Waals surface area contributed by atoms with Gasteiger partial charge in [-0.15, -0.1) is 0 Å². The lowest BCUT2D eigenvalue weighted by molar-refractivity contribution is -0.137. The summed E-state index contributed by atoms with van der Waals surface area (Å²) < 4.78 is 40.5. The largest absolute Gasteiger partial charge is 0.418 e. The van der Waals surface area contributed by atoms with E-state index in [9.17, 15) is 22.8 Å². The molecular weight excluding hydrogens is 361 g/mol. The molecule has 1 fully saturated rings. The molecule has 0 radical (unpaired) electrons. The molecule has 1 aromatic heterocycles. The molecule has 0 spiro atoms. The van der Waals surface area contributed by atoms with E-state index in [2.05, 4.69) is 10.4 Å². The minimum atomic E-state index is -4.54. The number of amides is 1. The summed E-state index contributed by atoms with van der Waals surface area (Å²) >= 11 is 0. The number of nitrogens with one attached hydrogen (secondary N) is 1. The number of anilines is 2. The molecule has 1 aliphatic rings. The van der Waals surface area contributed by atoms with Gasteiger partial charge in [-0.2, -0.15) is 18.3 Å². The summed E-state index contributed by atoms with van der Waals surface area (Å²) in [6.07, 6.45) is -3.27.